The van der Waals surface area contributed by atoms with E-state index in [1.165, 1.54) is 0 Å². The maximum Gasteiger partial charge on any atom is 0.152 e. The first-order valence-corrected chi connectivity index (χ1v) is 8.10. The van der Waals surface area contributed by atoms with Gasteiger partial charge in [0.15, 0.2) is 9.84 Å². The molecule has 0 fully saturated rings. The molecule has 1 aromatic rings. The zero-order valence-electron chi connectivity index (χ0n) is 11.6. The van der Waals surface area contributed by atoms with Crippen LogP contribution in [0.25, 0.3) is 0 Å². The monoisotopic (exact) mass is 273 g/mol. The van der Waals surface area contributed by atoms with Crippen molar-refractivity contribution in [2.45, 2.75) is 46.7 Å². The number of hydrogen-bond donors (Lipinski definition) is 1. The Labute approximate surface area is 109 Å². The molecule has 1 unspecified atom stereocenters. The largest absolute Gasteiger partial charge is 0.324 e. The Morgan fingerprint density at radius 3 is 2.39 bits per heavy atom. The number of hydrogen-bond acceptors (Lipinski definition) is 4. The lowest BCUT2D eigenvalue weighted by Gasteiger charge is -2.08. The van der Waals surface area contributed by atoms with E-state index in [1.807, 2.05) is 27.7 Å². The van der Waals surface area contributed by atoms with Gasteiger partial charge in [-0.25, -0.2) is 8.42 Å². The lowest BCUT2D eigenvalue weighted by atomic mass is 10.1. The van der Waals surface area contributed by atoms with Gasteiger partial charge in [0.2, 0.25) is 0 Å². The molecule has 18 heavy (non-hydrogen) atoms. The molecule has 0 aliphatic rings. The molecule has 0 aliphatic heterocycles. The van der Waals surface area contributed by atoms with Gasteiger partial charge >= 0.3 is 0 Å². The van der Waals surface area contributed by atoms with Crippen LogP contribution in [0.3, 0.4) is 0 Å². The van der Waals surface area contributed by atoms with Gasteiger partial charge in [0.1, 0.15) is 0 Å². The normalized spacial score (nSPS) is 13.8. The first-order chi connectivity index (χ1) is 8.28. The van der Waals surface area contributed by atoms with Gasteiger partial charge in [-0.15, -0.1) is 0 Å². The summed E-state index contributed by atoms with van der Waals surface area (Å²) < 4.78 is 25.1. The van der Waals surface area contributed by atoms with Crippen LogP contribution in [0.15, 0.2) is 0 Å². The van der Waals surface area contributed by atoms with Crippen molar-refractivity contribution in [3.8, 4) is 0 Å². The molecule has 0 saturated carbocycles. The Bertz CT molecular complexity index is 504. The van der Waals surface area contributed by atoms with E-state index >= 15 is 0 Å². The molecule has 0 aromatic carbocycles. The van der Waals surface area contributed by atoms with Gasteiger partial charge in [-0.3, -0.25) is 4.68 Å². The van der Waals surface area contributed by atoms with Gasteiger partial charge in [0, 0.05) is 23.1 Å². The number of nitrogens with two attached hydrogens (primary N) is 1. The van der Waals surface area contributed by atoms with E-state index in [4.69, 9.17) is 5.73 Å². The fourth-order valence-electron chi connectivity index (χ4n) is 2.23. The zero-order valence-corrected chi connectivity index (χ0v) is 12.4. The number of rotatable bonds is 6. The SMILES string of the molecule is CCCS(=O)(=O)CCn1nc(C)c(C(C)N)c1C. The standard InChI is InChI=1S/C12H23N3O2S/c1-5-7-18(16,17)8-6-15-11(4)12(9(2)13)10(3)14-15/h9H,5-8,13H2,1-4H3. The molecule has 1 aromatic heterocycles. The fraction of sp³-hybridized carbons (Fsp3) is 0.750. The Hall–Kier alpha value is -0.880. The summed E-state index contributed by atoms with van der Waals surface area (Å²) in [5.74, 6) is 0.383. The van der Waals surface area contributed by atoms with Crippen molar-refractivity contribution < 1.29 is 8.42 Å². The van der Waals surface area contributed by atoms with Crippen LogP contribution < -0.4 is 5.73 Å². The quantitative estimate of drug-likeness (QED) is 0.848. The molecule has 0 aliphatic carbocycles. The summed E-state index contributed by atoms with van der Waals surface area (Å²) in [6.07, 6.45) is 0.657. The molecule has 104 valence electrons. The molecule has 5 nitrogen and oxygen atoms in total. The van der Waals surface area contributed by atoms with Crippen molar-refractivity contribution in [1.82, 2.24) is 9.78 Å². The van der Waals surface area contributed by atoms with Crippen LogP contribution in [0.5, 0.6) is 0 Å². The lowest BCUT2D eigenvalue weighted by Crippen LogP contribution is -2.17. The highest BCUT2D eigenvalue weighted by atomic mass is 32.2. The van der Waals surface area contributed by atoms with E-state index in [9.17, 15) is 8.42 Å². The third kappa shape index (κ3) is 3.55. The van der Waals surface area contributed by atoms with Crippen LogP contribution in [-0.4, -0.2) is 29.7 Å². The van der Waals surface area contributed by atoms with Gasteiger partial charge in [-0.05, 0) is 27.2 Å². The minimum absolute atomic E-state index is 0.0778. The predicted octanol–water partition coefficient (Wildman–Crippen LogP) is 1.34. The number of sulfone groups is 1. The summed E-state index contributed by atoms with van der Waals surface area (Å²) in [7, 11) is -2.96. The highest BCUT2D eigenvalue weighted by Crippen LogP contribution is 2.19. The van der Waals surface area contributed by atoms with Crippen molar-refractivity contribution in [2.75, 3.05) is 11.5 Å². The zero-order chi connectivity index (χ0) is 13.9. The minimum atomic E-state index is -2.96. The second-order valence-corrected chi connectivity index (χ2v) is 7.05. The summed E-state index contributed by atoms with van der Waals surface area (Å²) in [6, 6.07) is -0.0778. The first-order valence-electron chi connectivity index (χ1n) is 6.28. The lowest BCUT2D eigenvalue weighted by molar-refractivity contribution is 0.574. The molecule has 1 atom stereocenters. The molecule has 0 radical (unpaired) electrons. The van der Waals surface area contributed by atoms with E-state index in [1.54, 1.807) is 4.68 Å². The second-order valence-electron chi connectivity index (χ2n) is 4.75. The molecule has 1 rings (SSSR count). The summed E-state index contributed by atoms with van der Waals surface area (Å²) >= 11 is 0. The fourth-order valence-corrected chi connectivity index (χ4v) is 3.50. The Balaban J connectivity index is 2.84. The maximum atomic E-state index is 11.7. The Kier molecular flexibility index (Phi) is 4.92. The Morgan fingerprint density at radius 2 is 1.94 bits per heavy atom. The van der Waals surface area contributed by atoms with Crippen molar-refractivity contribution >= 4 is 9.84 Å². The van der Waals surface area contributed by atoms with Crippen molar-refractivity contribution in [3.05, 3.63) is 17.0 Å². The summed E-state index contributed by atoms with van der Waals surface area (Å²) in [5, 5.41) is 4.37. The average Bonchev–Trinajstić information content (AvgIpc) is 2.51. The molecule has 0 amide bonds. The molecule has 0 bridgehead atoms. The number of aryl methyl sites for hydroxylation is 2. The number of nitrogens with zero attached hydrogens (tertiary/aromatic N) is 2. The molecule has 6 heteroatoms. The third-order valence-corrected chi connectivity index (χ3v) is 4.86. The van der Waals surface area contributed by atoms with E-state index < -0.39 is 9.84 Å². The second kappa shape index (κ2) is 5.84. The minimum Gasteiger partial charge on any atom is -0.324 e. The van der Waals surface area contributed by atoms with Gasteiger partial charge < -0.3 is 5.73 Å². The van der Waals surface area contributed by atoms with Crippen LogP contribution in [0.4, 0.5) is 0 Å². The van der Waals surface area contributed by atoms with E-state index in [0.29, 0.717) is 13.0 Å². The van der Waals surface area contributed by atoms with Crippen LogP contribution >= 0.6 is 0 Å². The van der Waals surface area contributed by atoms with Crippen molar-refractivity contribution in [1.29, 1.82) is 0 Å². The summed E-state index contributed by atoms with van der Waals surface area (Å²) in [4.78, 5) is 0. The van der Waals surface area contributed by atoms with Gasteiger partial charge in [0.05, 0.1) is 18.0 Å². The van der Waals surface area contributed by atoms with Crippen LogP contribution in [-0.2, 0) is 16.4 Å². The van der Waals surface area contributed by atoms with E-state index in [2.05, 4.69) is 5.10 Å². The van der Waals surface area contributed by atoms with Crippen LogP contribution in [0.2, 0.25) is 0 Å². The van der Waals surface area contributed by atoms with Crippen molar-refractivity contribution in [2.24, 2.45) is 5.73 Å². The molecular formula is C12H23N3O2S. The first kappa shape index (κ1) is 15.2. The molecule has 1 heterocycles. The van der Waals surface area contributed by atoms with E-state index in [0.717, 1.165) is 17.0 Å². The topological polar surface area (TPSA) is 78.0 Å². The van der Waals surface area contributed by atoms with Crippen LogP contribution in [0, 0.1) is 13.8 Å². The van der Waals surface area contributed by atoms with Gasteiger partial charge in [-0.2, -0.15) is 5.10 Å². The van der Waals surface area contributed by atoms with E-state index in [-0.39, 0.29) is 17.5 Å². The summed E-state index contributed by atoms with van der Waals surface area (Å²) in [6.45, 7) is 8.03. The number of aromatic nitrogens is 2. The average molecular weight is 273 g/mol. The van der Waals surface area contributed by atoms with Gasteiger partial charge in [-0.1, -0.05) is 6.92 Å². The Morgan fingerprint density at radius 1 is 1.33 bits per heavy atom. The highest BCUT2D eigenvalue weighted by Gasteiger charge is 2.16. The molecule has 2 N–H and O–H groups in total. The highest BCUT2D eigenvalue weighted by molar-refractivity contribution is 7.91. The molecule has 0 spiro atoms. The van der Waals surface area contributed by atoms with Crippen LogP contribution in [0.1, 0.15) is 43.3 Å². The van der Waals surface area contributed by atoms with Crippen molar-refractivity contribution in [3.63, 3.8) is 0 Å². The maximum absolute atomic E-state index is 11.7. The van der Waals surface area contributed by atoms with Gasteiger partial charge in [0.25, 0.3) is 0 Å². The third-order valence-electron chi connectivity index (χ3n) is 3.02. The predicted molar refractivity (Wildman–Crippen MR) is 73.2 cm³/mol. The summed E-state index contributed by atoms with van der Waals surface area (Å²) in [5.41, 5.74) is 8.75. The molecular weight excluding hydrogens is 250 g/mol. The molecule has 0 saturated heterocycles. The smallest absolute Gasteiger partial charge is 0.152 e.